The van der Waals surface area contributed by atoms with E-state index in [9.17, 15) is 9.59 Å². The molecular weight excluding hydrogens is 250 g/mol. The van der Waals surface area contributed by atoms with Gasteiger partial charge in [-0.25, -0.2) is 5.84 Å². The second kappa shape index (κ2) is 6.08. The number of carbonyl (C=O) groups excluding carboxylic acids is 2. The smallest absolute Gasteiger partial charge is 0.238 e. The summed E-state index contributed by atoms with van der Waals surface area (Å²) >= 11 is 1.46. The van der Waals surface area contributed by atoms with E-state index in [-0.39, 0.29) is 17.6 Å². The number of piperidine rings is 1. The highest BCUT2D eigenvalue weighted by atomic mass is 32.1. The molecule has 1 aromatic rings. The van der Waals surface area contributed by atoms with Gasteiger partial charge in [0.25, 0.3) is 0 Å². The van der Waals surface area contributed by atoms with E-state index in [2.05, 4.69) is 5.43 Å². The molecule has 1 aliphatic heterocycles. The zero-order valence-electron chi connectivity index (χ0n) is 10.1. The first kappa shape index (κ1) is 13.2. The highest BCUT2D eigenvalue weighted by Gasteiger charge is 2.26. The number of nitrogens with one attached hydrogen (secondary N) is 1. The minimum atomic E-state index is -0.136. The molecule has 1 aromatic heterocycles. The second-order valence-corrected chi connectivity index (χ2v) is 5.43. The van der Waals surface area contributed by atoms with E-state index in [1.165, 1.54) is 11.3 Å². The number of nitrogens with two attached hydrogens (primary N) is 1. The third-order valence-electron chi connectivity index (χ3n) is 3.18. The fourth-order valence-corrected chi connectivity index (χ4v) is 2.91. The molecule has 18 heavy (non-hydrogen) atoms. The molecule has 98 valence electrons. The molecule has 1 unspecified atom stereocenters. The molecule has 5 nitrogen and oxygen atoms in total. The maximum absolute atomic E-state index is 12.0. The van der Waals surface area contributed by atoms with Gasteiger partial charge in [-0.1, -0.05) is 6.07 Å². The number of hydrazine groups is 1. The summed E-state index contributed by atoms with van der Waals surface area (Å²) in [5.74, 6) is 5.03. The number of Topliss-reactive ketones (excluding diaryl/α,β-unsaturated/α-hetero) is 1. The van der Waals surface area contributed by atoms with Crippen LogP contribution >= 0.6 is 11.3 Å². The topological polar surface area (TPSA) is 75.4 Å². The van der Waals surface area contributed by atoms with Gasteiger partial charge < -0.3 is 0 Å². The van der Waals surface area contributed by atoms with Crippen molar-refractivity contribution in [1.29, 1.82) is 0 Å². The van der Waals surface area contributed by atoms with Crippen LogP contribution in [0.15, 0.2) is 17.5 Å². The summed E-state index contributed by atoms with van der Waals surface area (Å²) in [4.78, 5) is 26.3. The van der Waals surface area contributed by atoms with Crippen molar-refractivity contribution in [2.24, 2.45) is 11.8 Å². The number of amides is 1. The molecule has 0 aliphatic carbocycles. The molecule has 6 heteroatoms. The Labute approximate surface area is 110 Å². The quantitative estimate of drug-likeness (QED) is 0.363. The first-order valence-electron chi connectivity index (χ1n) is 6.00. The lowest BCUT2D eigenvalue weighted by Crippen LogP contribution is -2.46. The van der Waals surface area contributed by atoms with Gasteiger partial charge in [0, 0.05) is 6.54 Å². The number of rotatable bonds is 4. The van der Waals surface area contributed by atoms with Gasteiger partial charge in [0.15, 0.2) is 5.78 Å². The number of thiophene rings is 1. The van der Waals surface area contributed by atoms with Crippen LogP contribution in [0.4, 0.5) is 0 Å². The van der Waals surface area contributed by atoms with Crippen LogP contribution < -0.4 is 11.3 Å². The van der Waals surface area contributed by atoms with E-state index in [0.29, 0.717) is 13.1 Å². The number of ketones is 1. The number of hydrogen-bond acceptors (Lipinski definition) is 5. The molecule has 1 atom stereocenters. The SMILES string of the molecule is NNC(=O)C1CCCN(CC(=O)c2cccs2)C1. The molecule has 1 amide bonds. The summed E-state index contributed by atoms with van der Waals surface area (Å²) in [6.07, 6.45) is 1.77. The summed E-state index contributed by atoms with van der Waals surface area (Å²) < 4.78 is 0. The first-order chi connectivity index (χ1) is 8.70. The van der Waals surface area contributed by atoms with Crippen LogP contribution in [-0.4, -0.2) is 36.2 Å². The minimum Gasteiger partial charge on any atom is -0.295 e. The molecule has 0 radical (unpaired) electrons. The van der Waals surface area contributed by atoms with Crippen molar-refractivity contribution in [2.45, 2.75) is 12.8 Å². The third-order valence-corrected chi connectivity index (χ3v) is 4.09. The van der Waals surface area contributed by atoms with E-state index in [4.69, 9.17) is 5.84 Å². The van der Waals surface area contributed by atoms with Crippen molar-refractivity contribution < 1.29 is 9.59 Å². The molecule has 1 saturated heterocycles. The molecule has 2 rings (SSSR count). The average molecular weight is 267 g/mol. The standard InChI is InChI=1S/C12H17N3O2S/c13-14-12(17)9-3-1-5-15(7-9)8-10(16)11-4-2-6-18-11/h2,4,6,9H,1,3,5,7-8,13H2,(H,14,17). The molecule has 1 fully saturated rings. The lowest BCUT2D eigenvalue weighted by molar-refractivity contribution is -0.126. The predicted octanol–water partition coefficient (Wildman–Crippen LogP) is 0.633. The summed E-state index contributed by atoms with van der Waals surface area (Å²) in [6.45, 7) is 1.86. The number of hydrogen-bond donors (Lipinski definition) is 2. The van der Waals surface area contributed by atoms with E-state index >= 15 is 0 Å². The second-order valence-electron chi connectivity index (χ2n) is 4.48. The van der Waals surface area contributed by atoms with Crippen LogP contribution in [0.2, 0.25) is 0 Å². The zero-order chi connectivity index (χ0) is 13.0. The van der Waals surface area contributed by atoms with E-state index in [1.54, 1.807) is 0 Å². The zero-order valence-corrected chi connectivity index (χ0v) is 10.9. The lowest BCUT2D eigenvalue weighted by atomic mass is 9.97. The van der Waals surface area contributed by atoms with E-state index < -0.39 is 0 Å². The molecule has 0 spiro atoms. The lowest BCUT2D eigenvalue weighted by Gasteiger charge is -2.30. The Morgan fingerprint density at radius 2 is 2.39 bits per heavy atom. The monoisotopic (exact) mass is 267 g/mol. The molecular formula is C12H17N3O2S. The maximum Gasteiger partial charge on any atom is 0.238 e. The van der Waals surface area contributed by atoms with Crippen molar-refractivity contribution in [3.8, 4) is 0 Å². The van der Waals surface area contributed by atoms with Gasteiger partial charge in [-0.15, -0.1) is 11.3 Å². The van der Waals surface area contributed by atoms with E-state index in [1.807, 2.05) is 22.4 Å². The van der Waals surface area contributed by atoms with Crippen LogP contribution in [0, 0.1) is 5.92 Å². The Kier molecular flexibility index (Phi) is 4.46. The highest BCUT2D eigenvalue weighted by Crippen LogP contribution is 2.17. The van der Waals surface area contributed by atoms with Crippen molar-refractivity contribution in [1.82, 2.24) is 10.3 Å². The van der Waals surface area contributed by atoms with Crippen molar-refractivity contribution in [2.75, 3.05) is 19.6 Å². The van der Waals surface area contributed by atoms with Crippen LogP contribution in [0.1, 0.15) is 22.5 Å². The Bertz CT molecular complexity index is 419. The van der Waals surface area contributed by atoms with Crippen LogP contribution in [0.25, 0.3) is 0 Å². The van der Waals surface area contributed by atoms with Gasteiger partial charge in [0.1, 0.15) is 0 Å². The number of carbonyl (C=O) groups is 2. The summed E-state index contributed by atoms with van der Waals surface area (Å²) in [5, 5.41) is 1.90. The van der Waals surface area contributed by atoms with Gasteiger partial charge in [-0.05, 0) is 30.8 Å². The summed E-state index contributed by atoms with van der Waals surface area (Å²) in [7, 11) is 0. The largest absolute Gasteiger partial charge is 0.295 e. The molecule has 0 aromatic carbocycles. The number of likely N-dealkylation sites (tertiary alicyclic amines) is 1. The summed E-state index contributed by atoms with van der Waals surface area (Å²) in [5.41, 5.74) is 2.19. The Morgan fingerprint density at radius 1 is 1.56 bits per heavy atom. The van der Waals surface area contributed by atoms with Gasteiger partial charge in [-0.2, -0.15) is 0 Å². The van der Waals surface area contributed by atoms with Gasteiger partial charge in [0.05, 0.1) is 17.3 Å². The summed E-state index contributed by atoms with van der Waals surface area (Å²) in [6, 6.07) is 3.71. The Hall–Kier alpha value is -1.24. The molecule has 2 heterocycles. The van der Waals surface area contributed by atoms with Crippen LogP contribution in [0.3, 0.4) is 0 Å². The minimum absolute atomic E-state index is 0.0973. The fourth-order valence-electron chi connectivity index (χ4n) is 2.25. The van der Waals surface area contributed by atoms with Crippen molar-refractivity contribution >= 4 is 23.0 Å². The third kappa shape index (κ3) is 3.16. The fraction of sp³-hybridized carbons (Fsp3) is 0.500. The van der Waals surface area contributed by atoms with Crippen LogP contribution in [-0.2, 0) is 4.79 Å². The Balaban J connectivity index is 1.90. The van der Waals surface area contributed by atoms with Crippen molar-refractivity contribution in [3.05, 3.63) is 22.4 Å². The highest BCUT2D eigenvalue weighted by molar-refractivity contribution is 7.12. The van der Waals surface area contributed by atoms with Crippen LogP contribution in [0.5, 0.6) is 0 Å². The van der Waals surface area contributed by atoms with Gasteiger partial charge in [-0.3, -0.25) is 19.9 Å². The maximum atomic E-state index is 12.0. The molecule has 0 bridgehead atoms. The Morgan fingerprint density at radius 3 is 3.06 bits per heavy atom. The molecule has 0 saturated carbocycles. The normalized spacial score (nSPS) is 20.6. The van der Waals surface area contributed by atoms with Crippen molar-refractivity contribution in [3.63, 3.8) is 0 Å². The molecule has 3 N–H and O–H groups in total. The van der Waals surface area contributed by atoms with Gasteiger partial charge in [0.2, 0.25) is 5.91 Å². The van der Waals surface area contributed by atoms with E-state index in [0.717, 1.165) is 24.3 Å². The molecule has 1 aliphatic rings. The van der Waals surface area contributed by atoms with Gasteiger partial charge >= 0.3 is 0 Å². The number of nitrogens with zero attached hydrogens (tertiary/aromatic N) is 1. The predicted molar refractivity (Wildman–Crippen MR) is 70.1 cm³/mol. The average Bonchev–Trinajstić information content (AvgIpc) is 2.92. The first-order valence-corrected chi connectivity index (χ1v) is 6.88.